The Labute approximate surface area is 96.7 Å². The minimum Gasteiger partial charge on any atom is -0.391 e. The zero-order chi connectivity index (χ0) is 11.5. The van der Waals surface area contributed by atoms with E-state index in [1.54, 1.807) is 0 Å². The van der Waals surface area contributed by atoms with Crippen LogP contribution < -0.4 is 5.32 Å². The van der Waals surface area contributed by atoms with Crippen molar-refractivity contribution >= 4 is 0 Å². The summed E-state index contributed by atoms with van der Waals surface area (Å²) in [5.74, 6) is 0. The first kappa shape index (κ1) is 11.6. The van der Waals surface area contributed by atoms with Crippen LogP contribution >= 0.6 is 0 Å². The predicted molar refractivity (Wildman–Crippen MR) is 63.2 cm³/mol. The molecule has 2 N–H and O–H groups in total. The summed E-state index contributed by atoms with van der Waals surface area (Å²) in [6.07, 6.45) is 4.76. The molecule has 1 saturated carbocycles. The van der Waals surface area contributed by atoms with Crippen LogP contribution in [0.25, 0.3) is 0 Å². The summed E-state index contributed by atoms with van der Waals surface area (Å²) < 4.78 is 2.00. The summed E-state index contributed by atoms with van der Waals surface area (Å²) in [5, 5.41) is 17.6. The molecule has 2 rings (SSSR count). The summed E-state index contributed by atoms with van der Waals surface area (Å²) in [4.78, 5) is 0. The van der Waals surface area contributed by atoms with Gasteiger partial charge < -0.3 is 10.4 Å². The van der Waals surface area contributed by atoms with Crippen LogP contribution in [0.2, 0.25) is 0 Å². The molecular weight excluding hydrogens is 202 g/mol. The maximum absolute atomic E-state index is 9.88. The zero-order valence-electron chi connectivity index (χ0n) is 10.1. The number of rotatable bonds is 4. The van der Waals surface area contributed by atoms with Crippen molar-refractivity contribution in [2.45, 2.75) is 51.8 Å². The lowest BCUT2D eigenvalue weighted by atomic mass is 10.2. The summed E-state index contributed by atoms with van der Waals surface area (Å²) >= 11 is 0. The molecule has 1 aliphatic rings. The van der Waals surface area contributed by atoms with Crippen LogP contribution in [0.4, 0.5) is 0 Å². The van der Waals surface area contributed by atoms with E-state index >= 15 is 0 Å². The Morgan fingerprint density at radius 3 is 3.00 bits per heavy atom. The van der Waals surface area contributed by atoms with Gasteiger partial charge in [0, 0.05) is 17.8 Å². The van der Waals surface area contributed by atoms with Crippen molar-refractivity contribution in [1.29, 1.82) is 0 Å². The van der Waals surface area contributed by atoms with Crippen molar-refractivity contribution in [2.75, 3.05) is 6.54 Å². The van der Waals surface area contributed by atoms with E-state index < -0.39 is 0 Å². The highest BCUT2D eigenvalue weighted by atomic mass is 16.3. The van der Waals surface area contributed by atoms with Gasteiger partial charge in [0.25, 0.3) is 0 Å². The minimum atomic E-state index is -0.217. The molecule has 2 atom stereocenters. The molecule has 0 aliphatic heterocycles. The molecule has 1 heterocycles. The molecule has 1 aromatic rings. The van der Waals surface area contributed by atoms with Gasteiger partial charge in [0.05, 0.1) is 18.3 Å². The van der Waals surface area contributed by atoms with E-state index in [0.29, 0.717) is 0 Å². The van der Waals surface area contributed by atoms with Crippen LogP contribution in [0.5, 0.6) is 0 Å². The van der Waals surface area contributed by atoms with Gasteiger partial charge in [-0.15, -0.1) is 0 Å². The Morgan fingerprint density at radius 2 is 2.38 bits per heavy atom. The summed E-state index contributed by atoms with van der Waals surface area (Å²) in [5.41, 5.74) is 2.42. The van der Waals surface area contributed by atoms with E-state index in [9.17, 15) is 5.11 Å². The molecule has 90 valence electrons. The Kier molecular flexibility index (Phi) is 3.61. The van der Waals surface area contributed by atoms with Crippen molar-refractivity contribution in [3.05, 3.63) is 17.5 Å². The highest BCUT2D eigenvalue weighted by Gasteiger charge is 2.28. The Bertz CT molecular complexity index is 348. The lowest BCUT2D eigenvalue weighted by molar-refractivity contribution is 0.129. The van der Waals surface area contributed by atoms with Crippen molar-refractivity contribution < 1.29 is 5.11 Å². The number of aliphatic hydroxyl groups excluding tert-OH is 1. The molecule has 16 heavy (non-hydrogen) atoms. The second-order valence-electron chi connectivity index (χ2n) is 4.55. The molecule has 4 nitrogen and oxygen atoms in total. The van der Waals surface area contributed by atoms with Crippen molar-refractivity contribution in [3.8, 4) is 0 Å². The van der Waals surface area contributed by atoms with E-state index in [0.717, 1.165) is 32.4 Å². The van der Waals surface area contributed by atoms with E-state index in [1.165, 1.54) is 11.3 Å². The second-order valence-corrected chi connectivity index (χ2v) is 4.55. The van der Waals surface area contributed by atoms with E-state index in [4.69, 9.17) is 0 Å². The van der Waals surface area contributed by atoms with Gasteiger partial charge in [0.15, 0.2) is 0 Å². The molecular formula is C12H21N3O. The standard InChI is InChI=1S/C12H21N3O/c1-3-13-7-10-8-14-15(9(10)2)11-5-4-6-12(11)16/h8,11-13,16H,3-7H2,1-2H3. The number of nitrogens with one attached hydrogen (secondary N) is 1. The highest BCUT2D eigenvalue weighted by Crippen LogP contribution is 2.30. The van der Waals surface area contributed by atoms with Crippen molar-refractivity contribution in [3.63, 3.8) is 0 Å². The SMILES string of the molecule is CCNCc1cnn(C2CCCC2O)c1C. The van der Waals surface area contributed by atoms with Crippen LogP contribution in [-0.2, 0) is 6.54 Å². The number of hydrogen-bond acceptors (Lipinski definition) is 3. The molecule has 0 aromatic carbocycles. The molecule has 0 saturated heterocycles. The molecule has 1 aromatic heterocycles. The summed E-state index contributed by atoms with van der Waals surface area (Å²) in [7, 11) is 0. The first-order valence-electron chi connectivity index (χ1n) is 6.15. The van der Waals surface area contributed by atoms with Gasteiger partial charge >= 0.3 is 0 Å². The molecule has 0 radical (unpaired) electrons. The van der Waals surface area contributed by atoms with Crippen molar-refractivity contribution in [2.24, 2.45) is 0 Å². The van der Waals surface area contributed by atoms with E-state index in [2.05, 4.69) is 24.3 Å². The fourth-order valence-electron chi connectivity index (χ4n) is 2.43. The third-order valence-corrected chi connectivity index (χ3v) is 3.47. The Morgan fingerprint density at radius 1 is 1.56 bits per heavy atom. The minimum absolute atomic E-state index is 0.190. The quantitative estimate of drug-likeness (QED) is 0.811. The van der Waals surface area contributed by atoms with Crippen LogP contribution in [0.15, 0.2) is 6.20 Å². The van der Waals surface area contributed by atoms with Gasteiger partial charge in [-0.3, -0.25) is 4.68 Å². The van der Waals surface area contributed by atoms with Gasteiger partial charge in [-0.2, -0.15) is 5.10 Å². The molecule has 1 aliphatic carbocycles. The summed E-state index contributed by atoms with van der Waals surface area (Å²) in [6, 6.07) is 0.190. The highest BCUT2D eigenvalue weighted by molar-refractivity contribution is 5.17. The number of aromatic nitrogens is 2. The van der Waals surface area contributed by atoms with Gasteiger partial charge in [-0.1, -0.05) is 6.92 Å². The third-order valence-electron chi connectivity index (χ3n) is 3.47. The lowest BCUT2D eigenvalue weighted by Gasteiger charge is -2.17. The average Bonchev–Trinajstić information content (AvgIpc) is 2.83. The van der Waals surface area contributed by atoms with Gasteiger partial charge in [0.1, 0.15) is 0 Å². The maximum Gasteiger partial charge on any atom is 0.0781 e. The first-order chi connectivity index (χ1) is 7.74. The Hall–Kier alpha value is -0.870. The molecule has 0 spiro atoms. The molecule has 0 bridgehead atoms. The number of hydrogen-bond donors (Lipinski definition) is 2. The number of aliphatic hydroxyl groups is 1. The largest absolute Gasteiger partial charge is 0.391 e. The monoisotopic (exact) mass is 223 g/mol. The van der Waals surface area contributed by atoms with Gasteiger partial charge in [-0.25, -0.2) is 0 Å². The van der Waals surface area contributed by atoms with Gasteiger partial charge in [-0.05, 0) is 32.7 Å². The van der Waals surface area contributed by atoms with Crippen LogP contribution in [0.3, 0.4) is 0 Å². The summed E-state index contributed by atoms with van der Waals surface area (Å²) in [6.45, 7) is 6.02. The smallest absolute Gasteiger partial charge is 0.0781 e. The van der Waals surface area contributed by atoms with E-state index in [-0.39, 0.29) is 12.1 Å². The van der Waals surface area contributed by atoms with Crippen LogP contribution in [0.1, 0.15) is 43.5 Å². The third kappa shape index (κ3) is 2.13. The molecule has 1 fully saturated rings. The van der Waals surface area contributed by atoms with E-state index in [1.807, 2.05) is 10.9 Å². The van der Waals surface area contributed by atoms with Crippen LogP contribution in [-0.4, -0.2) is 27.5 Å². The van der Waals surface area contributed by atoms with Gasteiger partial charge in [0.2, 0.25) is 0 Å². The zero-order valence-corrected chi connectivity index (χ0v) is 10.1. The molecule has 2 unspecified atom stereocenters. The maximum atomic E-state index is 9.88. The average molecular weight is 223 g/mol. The number of nitrogens with zero attached hydrogens (tertiary/aromatic N) is 2. The predicted octanol–water partition coefficient (Wildman–Crippen LogP) is 1.39. The lowest BCUT2D eigenvalue weighted by Crippen LogP contribution is -2.21. The topological polar surface area (TPSA) is 50.1 Å². The van der Waals surface area contributed by atoms with Crippen LogP contribution in [0, 0.1) is 6.92 Å². The molecule has 4 heteroatoms. The normalized spacial score (nSPS) is 25.2. The second kappa shape index (κ2) is 4.97. The Balaban J connectivity index is 2.13. The fraction of sp³-hybridized carbons (Fsp3) is 0.750. The van der Waals surface area contributed by atoms with Crippen molar-refractivity contribution in [1.82, 2.24) is 15.1 Å². The fourth-order valence-corrected chi connectivity index (χ4v) is 2.43. The first-order valence-corrected chi connectivity index (χ1v) is 6.15. The molecule has 0 amide bonds.